The summed E-state index contributed by atoms with van der Waals surface area (Å²) in [4.78, 5) is 16.3. The smallest absolute Gasteiger partial charge is 0.417 e. The molecule has 0 aromatic heterocycles. The van der Waals surface area contributed by atoms with E-state index in [0.717, 1.165) is 6.08 Å². The first-order valence-electron chi connectivity index (χ1n) is 10.9. The molecule has 2 unspecified atom stereocenters. The highest BCUT2D eigenvalue weighted by molar-refractivity contribution is 6.30. The second-order valence-corrected chi connectivity index (χ2v) is 10.7. The van der Waals surface area contributed by atoms with Crippen molar-refractivity contribution in [3.05, 3.63) is 57.3 Å². The average molecular weight is 499 g/mol. The third kappa shape index (κ3) is 5.16. The number of carboxylic acids is 1. The van der Waals surface area contributed by atoms with Crippen molar-refractivity contribution in [1.29, 1.82) is 0 Å². The molecule has 4 nitrogen and oxygen atoms in total. The predicted molar refractivity (Wildman–Crippen MR) is 123 cm³/mol. The van der Waals surface area contributed by atoms with Crippen LogP contribution in [0.4, 0.5) is 17.6 Å². The molecule has 184 valence electrons. The minimum atomic E-state index is -4.63. The lowest BCUT2D eigenvalue weighted by molar-refractivity contribution is -0.135. The van der Waals surface area contributed by atoms with Gasteiger partial charge < -0.3 is 10.8 Å². The highest BCUT2D eigenvalue weighted by Gasteiger charge is 2.57. The van der Waals surface area contributed by atoms with E-state index in [2.05, 4.69) is 16.5 Å². The summed E-state index contributed by atoms with van der Waals surface area (Å²) in [6, 6.07) is -0.728. The van der Waals surface area contributed by atoms with Crippen LogP contribution in [-0.4, -0.2) is 34.5 Å². The second kappa shape index (κ2) is 9.01. The molecule has 34 heavy (non-hydrogen) atoms. The van der Waals surface area contributed by atoms with E-state index in [1.807, 2.05) is 20.8 Å². The number of aliphatic imine (C=N–C) groups is 1. The van der Waals surface area contributed by atoms with E-state index in [-0.39, 0.29) is 23.1 Å². The maximum Gasteiger partial charge on any atom is 0.417 e. The first-order valence-corrected chi connectivity index (χ1v) is 11.2. The molecule has 9 heteroatoms. The maximum absolute atomic E-state index is 15.3. The van der Waals surface area contributed by atoms with E-state index in [1.165, 1.54) is 12.2 Å². The zero-order valence-corrected chi connectivity index (χ0v) is 20.1. The Labute approximate surface area is 200 Å². The number of halogens is 5. The zero-order chi connectivity index (χ0) is 25.6. The average Bonchev–Trinajstić information content (AvgIpc) is 2.90. The highest BCUT2D eigenvalue weighted by atomic mass is 35.5. The zero-order valence-electron chi connectivity index (χ0n) is 19.4. The van der Waals surface area contributed by atoms with Crippen LogP contribution in [0.1, 0.15) is 47.0 Å². The molecule has 2 aliphatic carbocycles. The monoisotopic (exact) mass is 498 g/mol. The third-order valence-electron chi connectivity index (χ3n) is 6.24. The van der Waals surface area contributed by atoms with Gasteiger partial charge in [-0.1, -0.05) is 56.0 Å². The van der Waals surface area contributed by atoms with Crippen molar-refractivity contribution in [2.75, 3.05) is 0 Å². The van der Waals surface area contributed by atoms with Crippen LogP contribution in [0, 0.1) is 17.3 Å². The number of allylic oxidation sites excluding steroid dienone is 6. The molecule has 3 N–H and O–H groups in total. The van der Waals surface area contributed by atoms with Crippen molar-refractivity contribution in [3.8, 4) is 0 Å². The molecular formula is C25H27ClF4N2O2. The van der Waals surface area contributed by atoms with Crippen molar-refractivity contribution < 1.29 is 27.5 Å². The van der Waals surface area contributed by atoms with Gasteiger partial charge in [0.05, 0.1) is 29.1 Å². The Balaban J connectivity index is 2.19. The van der Waals surface area contributed by atoms with Crippen LogP contribution in [-0.2, 0) is 4.79 Å². The Morgan fingerprint density at radius 3 is 2.47 bits per heavy atom. The van der Waals surface area contributed by atoms with Gasteiger partial charge in [0.1, 0.15) is 5.83 Å². The van der Waals surface area contributed by atoms with Gasteiger partial charge in [-0.3, -0.25) is 9.79 Å². The van der Waals surface area contributed by atoms with Gasteiger partial charge in [-0.05, 0) is 37.2 Å². The van der Waals surface area contributed by atoms with Crippen molar-refractivity contribution in [1.82, 2.24) is 0 Å². The van der Waals surface area contributed by atoms with Crippen LogP contribution in [0.2, 0.25) is 0 Å². The van der Waals surface area contributed by atoms with E-state index in [4.69, 9.17) is 17.3 Å². The third-order valence-corrected chi connectivity index (χ3v) is 6.59. The Bertz CT molecular complexity index is 1130. The first-order chi connectivity index (χ1) is 15.5. The lowest BCUT2D eigenvalue weighted by Gasteiger charge is -2.42. The number of hydrogen-bond donors (Lipinski definition) is 2. The molecule has 0 aromatic rings. The normalized spacial score (nSPS) is 29.6. The van der Waals surface area contributed by atoms with E-state index < -0.39 is 58.4 Å². The van der Waals surface area contributed by atoms with Gasteiger partial charge in [-0.15, -0.1) is 0 Å². The number of nitrogens with two attached hydrogens (primary N) is 1. The summed E-state index contributed by atoms with van der Waals surface area (Å²) in [7, 11) is 0. The molecule has 3 rings (SSSR count). The van der Waals surface area contributed by atoms with Gasteiger partial charge in [-0.2, -0.15) is 13.2 Å². The molecule has 1 heterocycles. The fraction of sp³-hybridized carbons (Fsp3) is 0.520. The number of aliphatic carboxylic acids is 1. The largest absolute Gasteiger partial charge is 0.481 e. The van der Waals surface area contributed by atoms with Gasteiger partial charge in [0.25, 0.3) is 0 Å². The number of rotatable bonds is 5. The van der Waals surface area contributed by atoms with Gasteiger partial charge >= 0.3 is 12.1 Å². The molecule has 0 aromatic carbocycles. The quantitative estimate of drug-likeness (QED) is 0.352. The molecule has 0 saturated heterocycles. The number of alkyl halides is 3. The summed E-state index contributed by atoms with van der Waals surface area (Å²) in [6.45, 7) is 7.49. The SMILES string of the molecule is CC1=C=C=C([C@]2(N)C(C3C=CC(C(F)(F)F)=C(Cl)C3)C(CC(=O)O)=N[C@H]2CC(C)(C)C)C(F)=C1. The lowest BCUT2D eigenvalue weighted by Crippen LogP contribution is -2.58. The second-order valence-electron chi connectivity index (χ2n) is 10.2. The van der Waals surface area contributed by atoms with E-state index >= 15 is 4.39 Å². The molecule has 0 fully saturated rings. The fourth-order valence-corrected chi connectivity index (χ4v) is 5.25. The summed E-state index contributed by atoms with van der Waals surface area (Å²) in [5.41, 5.74) is 10.4. The Hall–Kier alpha value is -2.37. The van der Waals surface area contributed by atoms with Gasteiger partial charge in [-0.25, -0.2) is 4.39 Å². The summed E-state index contributed by atoms with van der Waals surface area (Å²) in [5, 5.41) is 9.12. The number of nitrogens with zero attached hydrogens (tertiary/aromatic N) is 1. The van der Waals surface area contributed by atoms with Crippen LogP contribution in [0.5, 0.6) is 0 Å². The molecule has 0 radical (unpaired) electrons. The topological polar surface area (TPSA) is 75.7 Å². The molecule has 0 saturated carbocycles. The molecular weight excluding hydrogens is 472 g/mol. The number of carboxylic acid groups (broad SMARTS) is 1. The molecule has 0 bridgehead atoms. The number of carbonyl (C=O) groups is 1. The standard InChI is InChI=1S/C25H27ClF4N2O2/c1-13-5-7-16(18(27)9-13)24(31)20(12-23(2,3)4)32-19(11-21(33)34)22(24)14-6-8-15(17(26)10-14)25(28,29)30/h6,8-9,14,20,22H,10-12,31H2,1-4H3,(H,33,34)/t14?,20-,22?,24+/m0/s1. The van der Waals surface area contributed by atoms with E-state index in [0.29, 0.717) is 12.0 Å². The fourth-order valence-electron chi connectivity index (χ4n) is 4.91. The van der Waals surface area contributed by atoms with Crippen LogP contribution in [0.25, 0.3) is 0 Å². The Kier molecular flexibility index (Phi) is 6.95. The lowest BCUT2D eigenvalue weighted by atomic mass is 9.64. The van der Waals surface area contributed by atoms with Crippen molar-refractivity contribution in [3.63, 3.8) is 0 Å². The van der Waals surface area contributed by atoms with Crippen LogP contribution in [0.3, 0.4) is 0 Å². The van der Waals surface area contributed by atoms with Crippen LogP contribution >= 0.6 is 11.6 Å². The Morgan fingerprint density at radius 1 is 1.32 bits per heavy atom. The minimum absolute atomic E-state index is 0.0170. The maximum atomic E-state index is 15.3. The van der Waals surface area contributed by atoms with E-state index in [1.54, 1.807) is 6.92 Å². The summed E-state index contributed by atoms with van der Waals surface area (Å²) in [5.74, 6) is -3.44. The van der Waals surface area contributed by atoms with Crippen LogP contribution in [0.15, 0.2) is 62.3 Å². The predicted octanol–water partition coefficient (Wildman–Crippen LogP) is 6.16. The Morgan fingerprint density at radius 2 is 1.97 bits per heavy atom. The molecule has 4 atom stereocenters. The molecule has 3 aliphatic rings. The number of hydrogen-bond acceptors (Lipinski definition) is 3. The summed E-state index contributed by atoms with van der Waals surface area (Å²) < 4.78 is 55.2. The molecule has 0 amide bonds. The van der Waals surface area contributed by atoms with E-state index in [9.17, 15) is 23.1 Å². The molecule has 1 aliphatic heterocycles. The van der Waals surface area contributed by atoms with Crippen molar-refractivity contribution in [2.45, 2.75) is 64.7 Å². The summed E-state index contributed by atoms with van der Waals surface area (Å²) >= 11 is 6.05. The first kappa shape index (κ1) is 26.2. The minimum Gasteiger partial charge on any atom is -0.481 e. The van der Waals surface area contributed by atoms with Crippen LogP contribution < -0.4 is 5.73 Å². The van der Waals surface area contributed by atoms with Gasteiger partial charge in [0, 0.05) is 22.2 Å². The van der Waals surface area contributed by atoms with Gasteiger partial charge in [0.2, 0.25) is 0 Å². The van der Waals surface area contributed by atoms with Crippen molar-refractivity contribution in [2.24, 2.45) is 28.0 Å². The van der Waals surface area contributed by atoms with Crippen molar-refractivity contribution >= 4 is 23.3 Å². The summed E-state index contributed by atoms with van der Waals surface area (Å²) in [6.07, 6.45) is -1.48. The molecule has 0 spiro atoms. The highest BCUT2D eigenvalue weighted by Crippen LogP contribution is 2.50. The van der Waals surface area contributed by atoms with Gasteiger partial charge in [0.15, 0.2) is 0 Å².